The zero-order valence-corrected chi connectivity index (χ0v) is 18.1. The summed E-state index contributed by atoms with van der Waals surface area (Å²) in [5.74, 6) is -0.693. The van der Waals surface area contributed by atoms with Crippen molar-refractivity contribution in [3.63, 3.8) is 0 Å². The lowest BCUT2D eigenvalue weighted by Crippen LogP contribution is -2.43. The molecule has 1 N–H and O–H groups in total. The van der Waals surface area contributed by atoms with E-state index >= 15 is 0 Å². The van der Waals surface area contributed by atoms with Crippen LogP contribution < -0.4 is 10.1 Å². The van der Waals surface area contributed by atoms with Crippen LogP contribution in [0.2, 0.25) is 5.02 Å². The van der Waals surface area contributed by atoms with Crippen molar-refractivity contribution in [3.05, 3.63) is 53.1 Å². The van der Waals surface area contributed by atoms with Crippen LogP contribution in [0.4, 0.5) is 17.6 Å². The monoisotopic (exact) mass is 492 g/mol. The van der Waals surface area contributed by atoms with Crippen LogP contribution in [0.25, 0.3) is 0 Å². The summed E-state index contributed by atoms with van der Waals surface area (Å²) in [5, 5.41) is 10.2. The van der Waals surface area contributed by atoms with E-state index in [0.717, 1.165) is 6.07 Å². The molecule has 0 aliphatic carbocycles. The van der Waals surface area contributed by atoms with Crippen LogP contribution in [0, 0.1) is 5.82 Å². The average molecular weight is 493 g/mol. The van der Waals surface area contributed by atoms with Crippen LogP contribution in [0.15, 0.2) is 34.9 Å². The number of ether oxygens (including phenoxy) is 2. The molecule has 0 bridgehead atoms. The molecule has 1 aromatic carbocycles. The maximum Gasteiger partial charge on any atom is 0.401 e. The van der Waals surface area contributed by atoms with Crippen LogP contribution in [0.5, 0.6) is 5.75 Å². The molecule has 2 heterocycles. The van der Waals surface area contributed by atoms with Gasteiger partial charge in [0.2, 0.25) is 11.8 Å². The third-order valence-corrected chi connectivity index (χ3v) is 4.84. The second-order valence-corrected chi connectivity index (χ2v) is 7.67. The number of nitrogens with zero attached hydrogens (tertiary/aromatic N) is 3. The van der Waals surface area contributed by atoms with Crippen LogP contribution in [-0.4, -0.2) is 60.0 Å². The number of carbonyl (C=O) groups excluding carboxylic acids is 1. The first kappa shape index (κ1) is 24.9. The minimum absolute atomic E-state index is 0.0125. The van der Waals surface area contributed by atoms with Gasteiger partial charge in [0.15, 0.2) is 6.61 Å². The second-order valence-electron chi connectivity index (χ2n) is 7.26. The molecule has 33 heavy (non-hydrogen) atoms. The van der Waals surface area contributed by atoms with Gasteiger partial charge in [-0.1, -0.05) is 18.2 Å². The molecule has 8 nitrogen and oxygen atoms in total. The maximum absolute atomic E-state index is 13.4. The summed E-state index contributed by atoms with van der Waals surface area (Å²) < 4.78 is 67.3. The Balaban J connectivity index is 1.41. The third kappa shape index (κ3) is 7.98. The fourth-order valence-corrected chi connectivity index (χ4v) is 3.13. The molecule has 1 saturated heterocycles. The molecule has 1 aliphatic rings. The SMILES string of the molecule is C=C(CCc1nnc([C@@H]2CN(CC(F)(F)F)CCO2)o1)NC(=O)COc1ccc(Cl)c(F)c1. The number of rotatable bonds is 9. The summed E-state index contributed by atoms with van der Waals surface area (Å²) in [4.78, 5) is 13.2. The summed E-state index contributed by atoms with van der Waals surface area (Å²) in [5.41, 5.74) is 0.357. The van der Waals surface area contributed by atoms with E-state index in [1.807, 2.05) is 0 Å². The van der Waals surface area contributed by atoms with Crippen molar-refractivity contribution in [1.29, 1.82) is 0 Å². The summed E-state index contributed by atoms with van der Waals surface area (Å²) in [6.07, 6.45) is -4.54. The summed E-state index contributed by atoms with van der Waals surface area (Å²) in [6.45, 7) is 2.60. The van der Waals surface area contributed by atoms with Gasteiger partial charge in [0.25, 0.3) is 5.91 Å². The quantitative estimate of drug-likeness (QED) is 0.536. The van der Waals surface area contributed by atoms with Gasteiger partial charge in [-0.15, -0.1) is 10.2 Å². The van der Waals surface area contributed by atoms with Gasteiger partial charge in [-0.05, 0) is 18.6 Å². The molecule has 0 unspecified atom stereocenters. The number of hydrogen-bond donors (Lipinski definition) is 1. The van der Waals surface area contributed by atoms with Gasteiger partial charge in [0.1, 0.15) is 17.7 Å². The number of allylic oxidation sites excluding steroid dienone is 1. The first-order valence-corrected chi connectivity index (χ1v) is 10.3. The van der Waals surface area contributed by atoms with Crippen molar-refractivity contribution in [2.45, 2.75) is 25.1 Å². The summed E-state index contributed by atoms with van der Waals surface area (Å²) >= 11 is 5.58. The summed E-state index contributed by atoms with van der Waals surface area (Å²) in [7, 11) is 0. The third-order valence-electron chi connectivity index (χ3n) is 4.53. The smallest absolute Gasteiger partial charge is 0.401 e. The highest BCUT2D eigenvalue weighted by molar-refractivity contribution is 6.30. The van der Waals surface area contributed by atoms with E-state index in [9.17, 15) is 22.4 Å². The molecule has 1 fully saturated rings. The fraction of sp³-hybridized carbons (Fsp3) is 0.450. The van der Waals surface area contributed by atoms with Crippen LogP contribution in [0.1, 0.15) is 24.3 Å². The topological polar surface area (TPSA) is 89.7 Å². The van der Waals surface area contributed by atoms with Crippen LogP contribution in [-0.2, 0) is 16.0 Å². The predicted molar refractivity (Wildman–Crippen MR) is 108 cm³/mol. The van der Waals surface area contributed by atoms with E-state index in [0.29, 0.717) is 5.70 Å². The fourth-order valence-electron chi connectivity index (χ4n) is 3.02. The molecule has 1 amide bonds. The Morgan fingerprint density at radius 3 is 2.88 bits per heavy atom. The largest absolute Gasteiger partial charge is 0.484 e. The lowest BCUT2D eigenvalue weighted by atomic mass is 10.2. The Bertz CT molecular complexity index is 985. The number of halogens is 5. The molecule has 1 atom stereocenters. The number of carbonyl (C=O) groups is 1. The predicted octanol–water partition coefficient (Wildman–Crippen LogP) is 3.44. The highest BCUT2D eigenvalue weighted by atomic mass is 35.5. The van der Waals surface area contributed by atoms with E-state index in [-0.39, 0.29) is 61.7 Å². The van der Waals surface area contributed by atoms with Gasteiger partial charge in [-0.2, -0.15) is 13.2 Å². The molecule has 13 heteroatoms. The minimum atomic E-state index is -4.30. The van der Waals surface area contributed by atoms with Gasteiger partial charge >= 0.3 is 6.18 Å². The van der Waals surface area contributed by atoms with E-state index in [1.54, 1.807) is 0 Å². The van der Waals surface area contributed by atoms with Gasteiger partial charge in [0, 0.05) is 31.3 Å². The Morgan fingerprint density at radius 2 is 2.15 bits per heavy atom. The van der Waals surface area contributed by atoms with E-state index < -0.39 is 30.5 Å². The van der Waals surface area contributed by atoms with Gasteiger partial charge in [-0.3, -0.25) is 9.69 Å². The number of alkyl halides is 3. The van der Waals surface area contributed by atoms with Crippen molar-refractivity contribution in [2.24, 2.45) is 0 Å². The molecule has 180 valence electrons. The first-order chi connectivity index (χ1) is 15.6. The Kier molecular flexibility index (Phi) is 8.27. The second kappa shape index (κ2) is 10.9. The highest BCUT2D eigenvalue weighted by Crippen LogP contribution is 2.25. The van der Waals surface area contributed by atoms with Gasteiger partial charge < -0.3 is 19.2 Å². The lowest BCUT2D eigenvalue weighted by Gasteiger charge is -2.31. The molecule has 1 aromatic heterocycles. The van der Waals surface area contributed by atoms with Crippen LogP contribution in [0.3, 0.4) is 0 Å². The van der Waals surface area contributed by atoms with E-state index in [1.165, 1.54) is 17.0 Å². The van der Waals surface area contributed by atoms with E-state index in [4.69, 9.17) is 25.5 Å². The Hall–Kier alpha value is -2.70. The minimum Gasteiger partial charge on any atom is -0.484 e. The van der Waals surface area contributed by atoms with Crippen molar-refractivity contribution in [3.8, 4) is 5.75 Å². The summed E-state index contributed by atoms with van der Waals surface area (Å²) in [6, 6.07) is 3.81. The molecule has 1 aliphatic heterocycles. The number of morpholine rings is 1. The van der Waals surface area contributed by atoms with Crippen molar-refractivity contribution in [2.75, 3.05) is 32.8 Å². The number of hydrogen-bond acceptors (Lipinski definition) is 7. The van der Waals surface area contributed by atoms with Crippen LogP contribution >= 0.6 is 11.6 Å². The van der Waals surface area contributed by atoms with Crippen molar-refractivity contribution >= 4 is 17.5 Å². The number of nitrogens with one attached hydrogen (secondary N) is 1. The number of amides is 1. The molecule has 3 rings (SSSR count). The molecule has 0 spiro atoms. The maximum atomic E-state index is 13.4. The normalized spacial score (nSPS) is 17.1. The first-order valence-electron chi connectivity index (χ1n) is 9.87. The standard InChI is InChI=1S/C20H21ClF4N4O4/c1-12(26-17(30)10-32-13-3-4-14(21)15(22)8-13)2-5-18-27-28-19(33-18)16-9-29(6-7-31-16)11-20(23,24)25/h3-4,8,16H,1-2,5-7,9-11H2,(H,26,30)/t16-/m0/s1. The van der Waals surface area contributed by atoms with Gasteiger partial charge in [-0.25, -0.2) is 4.39 Å². The average Bonchev–Trinajstić information content (AvgIpc) is 3.21. The zero-order chi connectivity index (χ0) is 24.0. The molecule has 2 aromatic rings. The van der Waals surface area contributed by atoms with Gasteiger partial charge in [0.05, 0.1) is 18.2 Å². The Labute approximate surface area is 191 Å². The van der Waals surface area contributed by atoms with Crippen molar-refractivity contribution in [1.82, 2.24) is 20.4 Å². The number of aryl methyl sites for hydroxylation is 1. The molecule has 0 saturated carbocycles. The zero-order valence-electron chi connectivity index (χ0n) is 17.3. The molecule has 0 radical (unpaired) electrons. The Morgan fingerprint density at radius 1 is 1.36 bits per heavy atom. The lowest BCUT2D eigenvalue weighted by molar-refractivity contribution is -0.161. The number of aromatic nitrogens is 2. The highest BCUT2D eigenvalue weighted by Gasteiger charge is 2.35. The van der Waals surface area contributed by atoms with E-state index in [2.05, 4.69) is 22.1 Å². The van der Waals surface area contributed by atoms with Crippen molar-refractivity contribution < 1.29 is 36.2 Å². The molecular formula is C20H21ClF4N4O4. The number of benzene rings is 1. The molecular weight excluding hydrogens is 472 g/mol.